The number of phenolic OH excluding ortho intramolecular Hbond substituents is 1. The van der Waals surface area contributed by atoms with E-state index in [0.717, 1.165) is 37.4 Å². The van der Waals surface area contributed by atoms with Crippen LogP contribution in [0, 0.1) is 10.8 Å². The molecule has 31 heavy (non-hydrogen) atoms. The van der Waals surface area contributed by atoms with E-state index in [-0.39, 0.29) is 35.8 Å². The molecule has 0 saturated carbocycles. The van der Waals surface area contributed by atoms with Gasteiger partial charge in [0.1, 0.15) is 23.4 Å². The molecule has 2 aromatic carbocycles. The Morgan fingerprint density at radius 3 is 2.48 bits per heavy atom. The number of likely N-dealkylation sites (tertiary alicyclic amines) is 1. The van der Waals surface area contributed by atoms with Crippen molar-refractivity contribution in [3.8, 4) is 11.5 Å². The zero-order valence-electron chi connectivity index (χ0n) is 17.4. The highest BCUT2D eigenvalue weighted by Crippen LogP contribution is 2.24. The Bertz CT molecular complexity index is 952. The Morgan fingerprint density at radius 2 is 1.87 bits per heavy atom. The molecular formula is C22H28N6O3. The third-order valence-electron chi connectivity index (χ3n) is 5.11. The molecule has 2 aromatic rings. The van der Waals surface area contributed by atoms with Gasteiger partial charge in [-0.15, -0.1) is 0 Å². The number of carbonyl (C=O) groups is 1. The second-order valence-electron chi connectivity index (χ2n) is 7.46. The number of nitrogens with zero attached hydrogens (tertiary/aromatic N) is 1. The number of anilines is 2. The van der Waals surface area contributed by atoms with Crippen molar-refractivity contribution in [2.24, 2.45) is 5.73 Å². The van der Waals surface area contributed by atoms with Crippen LogP contribution in [0.15, 0.2) is 42.5 Å². The number of phenols is 1. The number of benzene rings is 2. The van der Waals surface area contributed by atoms with Gasteiger partial charge in [0.05, 0.1) is 18.1 Å². The number of carbonyl (C=O) groups excluding carboxylic acids is 1. The second kappa shape index (κ2) is 9.84. The van der Waals surface area contributed by atoms with Crippen molar-refractivity contribution in [2.75, 3.05) is 30.3 Å². The predicted molar refractivity (Wildman–Crippen MR) is 121 cm³/mol. The number of hydrogen-bond acceptors (Lipinski definition) is 6. The lowest BCUT2D eigenvalue weighted by Gasteiger charge is -2.32. The van der Waals surface area contributed by atoms with Crippen LogP contribution in [0.5, 0.6) is 11.5 Å². The highest BCUT2D eigenvalue weighted by atomic mass is 16.5. The molecule has 0 spiro atoms. The number of nitrogens with two attached hydrogens (primary N) is 1. The molecule has 164 valence electrons. The average molecular weight is 425 g/mol. The number of amides is 1. The molecule has 0 aliphatic carbocycles. The normalized spacial score (nSPS) is 14.0. The van der Waals surface area contributed by atoms with E-state index >= 15 is 0 Å². The first-order valence-electron chi connectivity index (χ1n) is 10.1. The fourth-order valence-corrected chi connectivity index (χ4v) is 3.33. The van der Waals surface area contributed by atoms with Gasteiger partial charge >= 0.3 is 0 Å². The fraction of sp³-hybridized carbons (Fsp3) is 0.318. The Balaban J connectivity index is 1.47. The van der Waals surface area contributed by atoms with Crippen molar-refractivity contribution in [1.29, 1.82) is 10.8 Å². The summed E-state index contributed by atoms with van der Waals surface area (Å²) >= 11 is 0. The molecule has 0 radical (unpaired) electrons. The standard InChI is InChI=1S/C22H28N6O3/c1-14(23)28-10-8-18(9-11-28)31-17-5-3-16(4-6-17)26-13-21(30)27-19-12-15(22(24)25)2-7-20(19)29/h2-7,12,18,23,26,29H,8-11,13H2,1H3,(H3,24,25)(H,27,30). The summed E-state index contributed by atoms with van der Waals surface area (Å²) in [5, 5.41) is 30.7. The highest BCUT2D eigenvalue weighted by Gasteiger charge is 2.20. The van der Waals surface area contributed by atoms with Gasteiger partial charge in [-0.2, -0.15) is 0 Å². The molecule has 0 aromatic heterocycles. The van der Waals surface area contributed by atoms with Crippen LogP contribution in [0.4, 0.5) is 11.4 Å². The number of hydrogen-bond donors (Lipinski definition) is 6. The average Bonchev–Trinajstić information content (AvgIpc) is 2.75. The van der Waals surface area contributed by atoms with E-state index in [1.807, 2.05) is 29.2 Å². The summed E-state index contributed by atoms with van der Waals surface area (Å²) in [6, 6.07) is 11.7. The van der Waals surface area contributed by atoms with Gasteiger partial charge in [0.25, 0.3) is 0 Å². The molecule has 9 nitrogen and oxygen atoms in total. The van der Waals surface area contributed by atoms with Crippen LogP contribution in [-0.4, -0.2) is 53.3 Å². The number of nitrogen functional groups attached to an aromatic ring is 1. The van der Waals surface area contributed by atoms with Gasteiger partial charge in [0, 0.05) is 37.2 Å². The van der Waals surface area contributed by atoms with Crippen molar-refractivity contribution >= 4 is 29.0 Å². The maximum absolute atomic E-state index is 12.2. The van der Waals surface area contributed by atoms with Gasteiger partial charge < -0.3 is 31.1 Å². The van der Waals surface area contributed by atoms with E-state index in [9.17, 15) is 9.90 Å². The van der Waals surface area contributed by atoms with Gasteiger partial charge in [-0.3, -0.25) is 15.6 Å². The van der Waals surface area contributed by atoms with Crippen LogP contribution in [-0.2, 0) is 4.79 Å². The van der Waals surface area contributed by atoms with E-state index in [4.69, 9.17) is 21.3 Å². The first-order chi connectivity index (χ1) is 14.8. The predicted octanol–water partition coefficient (Wildman–Crippen LogP) is 2.57. The molecule has 7 N–H and O–H groups in total. The minimum atomic E-state index is -0.343. The topological polar surface area (TPSA) is 148 Å². The minimum absolute atomic E-state index is 0.00534. The molecule has 1 amide bonds. The van der Waals surface area contributed by atoms with E-state index in [2.05, 4.69) is 10.6 Å². The van der Waals surface area contributed by atoms with Crippen molar-refractivity contribution < 1.29 is 14.6 Å². The van der Waals surface area contributed by atoms with Crippen LogP contribution >= 0.6 is 0 Å². The highest BCUT2D eigenvalue weighted by molar-refractivity contribution is 5.99. The first kappa shape index (κ1) is 21.9. The van der Waals surface area contributed by atoms with Gasteiger partial charge in [0.15, 0.2) is 0 Å². The number of amidine groups is 2. The summed E-state index contributed by atoms with van der Waals surface area (Å²) in [6.45, 7) is 3.48. The molecular weight excluding hydrogens is 396 g/mol. The number of aromatic hydroxyl groups is 1. The van der Waals surface area contributed by atoms with Gasteiger partial charge in [-0.25, -0.2) is 0 Å². The van der Waals surface area contributed by atoms with Gasteiger partial charge in [0.2, 0.25) is 5.91 Å². The van der Waals surface area contributed by atoms with Crippen molar-refractivity contribution in [2.45, 2.75) is 25.9 Å². The zero-order valence-corrected chi connectivity index (χ0v) is 17.4. The molecule has 1 fully saturated rings. The Labute approximate surface area is 181 Å². The second-order valence-corrected chi connectivity index (χ2v) is 7.46. The Morgan fingerprint density at radius 1 is 1.19 bits per heavy atom. The van der Waals surface area contributed by atoms with E-state index < -0.39 is 0 Å². The van der Waals surface area contributed by atoms with Crippen LogP contribution in [0.3, 0.4) is 0 Å². The van der Waals surface area contributed by atoms with E-state index in [1.54, 1.807) is 6.92 Å². The van der Waals surface area contributed by atoms with Crippen LogP contribution in [0.2, 0.25) is 0 Å². The molecule has 3 rings (SSSR count). The maximum Gasteiger partial charge on any atom is 0.243 e. The van der Waals surface area contributed by atoms with Crippen LogP contribution in [0.25, 0.3) is 0 Å². The summed E-state index contributed by atoms with van der Waals surface area (Å²) < 4.78 is 6.03. The third-order valence-corrected chi connectivity index (χ3v) is 5.11. The number of nitrogens with one attached hydrogen (secondary N) is 4. The summed E-state index contributed by atoms with van der Waals surface area (Å²) in [5.41, 5.74) is 6.82. The molecule has 0 atom stereocenters. The molecule has 9 heteroatoms. The lowest BCUT2D eigenvalue weighted by Crippen LogP contribution is -2.40. The smallest absolute Gasteiger partial charge is 0.243 e. The van der Waals surface area contributed by atoms with Crippen LogP contribution < -0.4 is 21.1 Å². The fourth-order valence-electron chi connectivity index (χ4n) is 3.33. The summed E-state index contributed by atoms with van der Waals surface area (Å²) in [5.74, 6) is 0.781. The zero-order chi connectivity index (χ0) is 22.4. The van der Waals surface area contributed by atoms with Crippen molar-refractivity contribution in [1.82, 2.24) is 4.90 Å². The van der Waals surface area contributed by atoms with E-state index in [1.165, 1.54) is 18.2 Å². The van der Waals surface area contributed by atoms with Crippen molar-refractivity contribution in [3.05, 3.63) is 48.0 Å². The summed E-state index contributed by atoms with van der Waals surface area (Å²) in [6.07, 6.45) is 1.90. The Hall–Kier alpha value is -3.75. The molecule has 1 heterocycles. The third kappa shape index (κ3) is 6.11. The lowest BCUT2D eigenvalue weighted by atomic mass is 10.1. The van der Waals surface area contributed by atoms with Crippen molar-refractivity contribution in [3.63, 3.8) is 0 Å². The number of ether oxygens (including phenoxy) is 1. The minimum Gasteiger partial charge on any atom is -0.506 e. The maximum atomic E-state index is 12.2. The first-order valence-corrected chi connectivity index (χ1v) is 10.1. The molecule has 1 aliphatic rings. The molecule has 1 saturated heterocycles. The quantitative estimate of drug-likeness (QED) is 0.229. The van der Waals surface area contributed by atoms with Gasteiger partial charge in [-0.05, 0) is 49.4 Å². The number of rotatable bonds is 7. The largest absolute Gasteiger partial charge is 0.506 e. The van der Waals surface area contributed by atoms with Gasteiger partial charge in [-0.1, -0.05) is 0 Å². The number of piperidine rings is 1. The molecule has 0 unspecified atom stereocenters. The summed E-state index contributed by atoms with van der Waals surface area (Å²) in [4.78, 5) is 14.3. The van der Waals surface area contributed by atoms with E-state index in [0.29, 0.717) is 11.4 Å². The summed E-state index contributed by atoms with van der Waals surface area (Å²) in [7, 11) is 0. The Kier molecular flexibility index (Phi) is 6.96. The molecule has 1 aliphatic heterocycles. The SMILES string of the molecule is CC(=N)N1CCC(Oc2ccc(NCC(=O)Nc3cc(C(=N)N)ccc3O)cc2)CC1. The monoisotopic (exact) mass is 424 g/mol. The molecule has 0 bridgehead atoms. The van der Waals surface area contributed by atoms with Crippen LogP contribution in [0.1, 0.15) is 25.3 Å². The lowest BCUT2D eigenvalue weighted by molar-refractivity contribution is -0.114.